The van der Waals surface area contributed by atoms with Crippen LogP contribution < -0.4 is 5.32 Å². The zero-order chi connectivity index (χ0) is 16.4. The van der Waals surface area contributed by atoms with E-state index in [2.05, 4.69) is 15.3 Å². The molecule has 3 aromatic heterocycles. The van der Waals surface area contributed by atoms with Gasteiger partial charge in [-0.05, 0) is 29.1 Å². The number of fused-ring (bicyclic) bond motifs is 1. The van der Waals surface area contributed by atoms with Crippen molar-refractivity contribution >= 4 is 27.5 Å². The van der Waals surface area contributed by atoms with Gasteiger partial charge in [0.25, 0.3) is 5.91 Å². The first-order valence-corrected chi connectivity index (χ1v) is 7.45. The second kappa shape index (κ2) is 5.96. The van der Waals surface area contributed by atoms with Gasteiger partial charge in [0, 0.05) is 18.9 Å². The molecular weight excluding hydrogens is 327 g/mol. The number of nitrogens with one attached hydrogen (secondary N) is 1. The van der Waals surface area contributed by atoms with Crippen LogP contribution in [0.4, 0.5) is 13.2 Å². The molecule has 1 amide bonds. The van der Waals surface area contributed by atoms with E-state index in [4.69, 9.17) is 0 Å². The highest BCUT2D eigenvalue weighted by Gasteiger charge is 2.37. The molecule has 3 rings (SSSR count). The van der Waals surface area contributed by atoms with Crippen molar-refractivity contribution in [3.05, 3.63) is 58.9 Å². The minimum absolute atomic E-state index is 0.0897. The Kier molecular flexibility index (Phi) is 3.99. The lowest BCUT2D eigenvalue weighted by molar-refractivity contribution is -0.141. The number of alkyl halides is 3. The summed E-state index contributed by atoms with van der Waals surface area (Å²) in [5.74, 6) is -0.816. The number of hydrogen-bond acceptors (Lipinski definition) is 4. The molecule has 0 spiro atoms. The first-order chi connectivity index (χ1) is 10.9. The molecule has 0 aliphatic heterocycles. The van der Waals surface area contributed by atoms with E-state index in [1.54, 1.807) is 23.7 Å². The molecule has 4 nitrogen and oxygen atoms in total. The molecule has 0 saturated heterocycles. The summed E-state index contributed by atoms with van der Waals surface area (Å²) in [6.45, 7) is 0.0897. The van der Waals surface area contributed by atoms with Gasteiger partial charge in [0.15, 0.2) is 5.69 Å². The van der Waals surface area contributed by atoms with E-state index in [0.717, 1.165) is 0 Å². The molecule has 0 radical (unpaired) electrons. The van der Waals surface area contributed by atoms with Gasteiger partial charge in [0.1, 0.15) is 0 Å². The molecule has 3 aromatic rings. The van der Waals surface area contributed by atoms with Gasteiger partial charge < -0.3 is 5.32 Å². The maximum atomic E-state index is 13.2. The van der Waals surface area contributed by atoms with Crippen LogP contribution in [0.15, 0.2) is 42.0 Å². The quantitative estimate of drug-likeness (QED) is 0.794. The number of carbonyl (C=O) groups is 1. The van der Waals surface area contributed by atoms with Crippen LogP contribution >= 0.6 is 11.3 Å². The Balaban J connectivity index is 1.92. The van der Waals surface area contributed by atoms with Crippen molar-refractivity contribution in [1.29, 1.82) is 0 Å². The number of amides is 1. The molecule has 0 bridgehead atoms. The predicted octanol–water partition coefficient (Wildman–Crippen LogP) is 3.64. The van der Waals surface area contributed by atoms with Crippen molar-refractivity contribution < 1.29 is 18.0 Å². The summed E-state index contributed by atoms with van der Waals surface area (Å²) < 4.78 is 40.0. The molecule has 0 saturated carbocycles. The van der Waals surface area contributed by atoms with Gasteiger partial charge in [0.05, 0.1) is 15.8 Å². The Labute approximate surface area is 133 Å². The second-order valence-corrected chi connectivity index (χ2v) is 5.68. The highest BCUT2D eigenvalue weighted by Crippen LogP contribution is 2.33. The monoisotopic (exact) mass is 337 g/mol. The molecule has 0 aliphatic rings. The summed E-state index contributed by atoms with van der Waals surface area (Å²) in [5, 5.41) is 4.10. The Morgan fingerprint density at radius 1 is 1.30 bits per heavy atom. The maximum Gasteiger partial charge on any atom is 0.434 e. The third-order valence-electron chi connectivity index (χ3n) is 3.13. The summed E-state index contributed by atoms with van der Waals surface area (Å²) >= 11 is 1.23. The number of nitrogens with zero attached hydrogens (tertiary/aromatic N) is 2. The number of rotatable bonds is 3. The highest BCUT2D eigenvalue weighted by atomic mass is 32.1. The van der Waals surface area contributed by atoms with Crippen LogP contribution in [0.3, 0.4) is 0 Å². The van der Waals surface area contributed by atoms with Crippen molar-refractivity contribution in [3.8, 4) is 0 Å². The van der Waals surface area contributed by atoms with Crippen molar-refractivity contribution in [1.82, 2.24) is 15.3 Å². The first kappa shape index (κ1) is 15.4. The smallest absolute Gasteiger partial charge is 0.348 e. The van der Waals surface area contributed by atoms with E-state index >= 15 is 0 Å². The van der Waals surface area contributed by atoms with Gasteiger partial charge in [-0.1, -0.05) is 6.07 Å². The van der Waals surface area contributed by atoms with Crippen LogP contribution in [0.5, 0.6) is 0 Å². The molecule has 118 valence electrons. The third kappa shape index (κ3) is 3.31. The van der Waals surface area contributed by atoms with Crippen molar-refractivity contribution in [2.45, 2.75) is 12.7 Å². The average molecular weight is 337 g/mol. The second-order valence-electron chi connectivity index (χ2n) is 4.73. The number of aromatic nitrogens is 2. The van der Waals surface area contributed by atoms with Crippen LogP contribution in [0.25, 0.3) is 10.2 Å². The van der Waals surface area contributed by atoms with Crippen LogP contribution in [0.1, 0.15) is 21.6 Å². The Hall–Kier alpha value is -2.48. The van der Waals surface area contributed by atoms with Crippen molar-refractivity contribution in [2.24, 2.45) is 0 Å². The fourth-order valence-electron chi connectivity index (χ4n) is 2.06. The summed E-state index contributed by atoms with van der Waals surface area (Å²) in [6, 6.07) is 6.13. The lowest BCUT2D eigenvalue weighted by Crippen LogP contribution is -2.26. The first-order valence-electron chi connectivity index (χ1n) is 6.57. The van der Waals surface area contributed by atoms with Gasteiger partial charge >= 0.3 is 6.18 Å². The largest absolute Gasteiger partial charge is 0.434 e. The number of hydrogen-bond donors (Lipinski definition) is 1. The normalized spacial score (nSPS) is 11.6. The van der Waals surface area contributed by atoms with Gasteiger partial charge in [-0.15, -0.1) is 11.3 Å². The SMILES string of the molecule is O=C(NCc1cccnc1)c1cc2sccc2nc1C(F)(F)F. The molecule has 23 heavy (non-hydrogen) atoms. The van der Waals surface area contributed by atoms with Crippen LogP contribution in [-0.2, 0) is 12.7 Å². The predicted molar refractivity (Wildman–Crippen MR) is 80.0 cm³/mol. The fraction of sp³-hybridized carbons (Fsp3) is 0.133. The third-order valence-corrected chi connectivity index (χ3v) is 3.98. The van der Waals surface area contributed by atoms with E-state index in [1.165, 1.54) is 29.7 Å². The number of thiophene rings is 1. The van der Waals surface area contributed by atoms with E-state index in [0.29, 0.717) is 10.3 Å². The molecule has 1 N–H and O–H groups in total. The molecule has 0 aromatic carbocycles. The Morgan fingerprint density at radius 3 is 2.83 bits per heavy atom. The molecule has 8 heteroatoms. The van der Waals surface area contributed by atoms with Gasteiger partial charge in [-0.3, -0.25) is 9.78 Å². The zero-order valence-electron chi connectivity index (χ0n) is 11.6. The van der Waals surface area contributed by atoms with Crippen molar-refractivity contribution in [3.63, 3.8) is 0 Å². The minimum Gasteiger partial charge on any atom is -0.348 e. The maximum absolute atomic E-state index is 13.2. The molecular formula is C15H10F3N3OS. The number of halogens is 3. The summed E-state index contributed by atoms with van der Waals surface area (Å²) in [6.07, 6.45) is -1.59. The average Bonchev–Trinajstić information content (AvgIpc) is 2.99. The number of pyridine rings is 2. The summed E-state index contributed by atoms with van der Waals surface area (Å²) in [4.78, 5) is 19.7. The molecule has 0 aliphatic carbocycles. The van der Waals surface area contributed by atoms with Gasteiger partial charge in [0.2, 0.25) is 0 Å². The van der Waals surface area contributed by atoms with Gasteiger partial charge in [-0.2, -0.15) is 13.2 Å². The highest BCUT2D eigenvalue weighted by molar-refractivity contribution is 7.17. The van der Waals surface area contributed by atoms with Crippen LogP contribution in [-0.4, -0.2) is 15.9 Å². The standard InChI is InChI=1S/C15H10F3N3OS/c16-15(17,18)13-10(6-12-11(21-13)3-5-23-12)14(22)20-8-9-2-1-4-19-7-9/h1-7H,8H2,(H,20,22). The lowest BCUT2D eigenvalue weighted by atomic mass is 10.1. The zero-order valence-corrected chi connectivity index (χ0v) is 12.4. The number of carbonyl (C=O) groups excluding carboxylic acids is 1. The summed E-state index contributed by atoms with van der Waals surface area (Å²) in [5.41, 5.74) is -0.728. The Bertz CT molecular complexity index is 846. The Morgan fingerprint density at radius 2 is 2.13 bits per heavy atom. The van der Waals surface area contributed by atoms with Crippen LogP contribution in [0.2, 0.25) is 0 Å². The van der Waals surface area contributed by atoms with E-state index < -0.39 is 23.3 Å². The summed E-state index contributed by atoms with van der Waals surface area (Å²) in [7, 11) is 0. The lowest BCUT2D eigenvalue weighted by Gasteiger charge is -2.12. The molecule has 0 fully saturated rings. The van der Waals surface area contributed by atoms with Crippen LogP contribution in [0, 0.1) is 0 Å². The van der Waals surface area contributed by atoms with E-state index in [-0.39, 0.29) is 12.1 Å². The molecule has 0 atom stereocenters. The molecule has 3 heterocycles. The minimum atomic E-state index is -4.70. The van der Waals surface area contributed by atoms with E-state index in [1.807, 2.05) is 0 Å². The topological polar surface area (TPSA) is 54.9 Å². The van der Waals surface area contributed by atoms with Crippen molar-refractivity contribution in [2.75, 3.05) is 0 Å². The van der Waals surface area contributed by atoms with E-state index in [9.17, 15) is 18.0 Å². The van der Waals surface area contributed by atoms with Gasteiger partial charge in [-0.25, -0.2) is 4.98 Å². The fourth-order valence-corrected chi connectivity index (χ4v) is 2.83. The molecule has 0 unspecified atom stereocenters.